The van der Waals surface area contributed by atoms with Crippen molar-refractivity contribution in [3.8, 4) is 0 Å². The van der Waals surface area contributed by atoms with Crippen LogP contribution in [0.1, 0.15) is 26.7 Å². The molecule has 0 aliphatic carbocycles. The van der Waals surface area contributed by atoms with Crippen LogP contribution in [0.25, 0.3) is 0 Å². The average Bonchev–Trinajstić information content (AvgIpc) is 2.35. The summed E-state index contributed by atoms with van der Waals surface area (Å²) in [5.41, 5.74) is 6.79. The number of hydrogen-bond acceptors (Lipinski definition) is 4. The van der Waals surface area contributed by atoms with Gasteiger partial charge < -0.3 is 10.6 Å². The van der Waals surface area contributed by atoms with Crippen LogP contribution >= 0.6 is 0 Å². The zero-order valence-electron chi connectivity index (χ0n) is 11.6. The topological polar surface area (TPSA) is 63.4 Å². The van der Waals surface area contributed by atoms with E-state index in [0.29, 0.717) is 11.3 Å². The van der Waals surface area contributed by atoms with Crippen molar-refractivity contribution < 1.29 is 8.42 Å². The Bertz CT molecular complexity index is 548. The van der Waals surface area contributed by atoms with E-state index >= 15 is 0 Å². The van der Waals surface area contributed by atoms with E-state index < -0.39 is 9.84 Å². The molecule has 0 amide bonds. The number of para-hydroxylation sites is 1. The maximum atomic E-state index is 12.3. The SMILES string of the molecule is CCCS(=O)(=O)c1ccccc1N1CC(N)(CC)C1. The van der Waals surface area contributed by atoms with Gasteiger partial charge in [0, 0.05) is 13.1 Å². The lowest BCUT2D eigenvalue weighted by molar-refractivity contribution is 0.321. The van der Waals surface area contributed by atoms with Crippen LogP contribution < -0.4 is 10.6 Å². The summed E-state index contributed by atoms with van der Waals surface area (Å²) >= 11 is 0. The summed E-state index contributed by atoms with van der Waals surface area (Å²) in [5.74, 6) is 0.194. The van der Waals surface area contributed by atoms with E-state index in [4.69, 9.17) is 5.73 Å². The fourth-order valence-corrected chi connectivity index (χ4v) is 4.03. The summed E-state index contributed by atoms with van der Waals surface area (Å²) < 4.78 is 24.5. The third-order valence-electron chi connectivity index (χ3n) is 3.73. The minimum Gasteiger partial charge on any atom is -0.367 e. The van der Waals surface area contributed by atoms with Gasteiger partial charge in [0.2, 0.25) is 0 Å². The zero-order valence-corrected chi connectivity index (χ0v) is 12.4. The first-order valence-corrected chi connectivity index (χ1v) is 8.43. The highest BCUT2D eigenvalue weighted by atomic mass is 32.2. The largest absolute Gasteiger partial charge is 0.367 e. The quantitative estimate of drug-likeness (QED) is 0.894. The van der Waals surface area contributed by atoms with Crippen molar-refractivity contribution in [2.24, 2.45) is 5.73 Å². The van der Waals surface area contributed by atoms with Crippen LogP contribution in [0.5, 0.6) is 0 Å². The standard InChI is InChI=1S/C14H22N2O2S/c1-3-9-19(17,18)13-8-6-5-7-12(13)16-10-14(15,4-2)11-16/h5-8H,3-4,9-11,15H2,1-2H3. The van der Waals surface area contributed by atoms with Gasteiger partial charge in [0.05, 0.1) is 21.9 Å². The fourth-order valence-electron chi connectivity index (χ4n) is 2.47. The second-order valence-electron chi connectivity index (χ2n) is 5.36. The Labute approximate surface area is 115 Å². The maximum Gasteiger partial charge on any atom is 0.180 e. The molecule has 0 atom stereocenters. The first kappa shape index (κ1) is 14.3. The molecule has 1 heterocycles. The van der Waals surface area contributed by atoms with Crippen molar-refractivity contribution in [2.45, 2.75) is 37.1 Å². The Morgan fingerprint density at radius 1 is 1.26 bits per heavy atom. The molecule has 2 N–H and O–H groups in total. The molecule has 0 radical (unpaired) electrons. The van der Waals surface area contributed by atoms with Gasteiger partial charge in [0.1, 0.15) is 0 Å². The molecule has 0 saturated carbocycles. The maximum absolute atomic E-state index is 12.3. The molecular formula is C14H22N2O2S. The lowest BCUT2D eigenvalue weighted by Crippen LogP contribution is -2.67. The lowest BCUT2D eigenvalue weighted by Gasteiger charge is -2.49. The van der Waals surface area contributed by atoms with Gasteiger partial charge in [-0.2, -0.15) is 0 Å². The normalized spacial score (nSPS) is 18.2. The summed E-state index contributed by atoms with van der Waals surface area (Å²) in [7, 11) is -3.19. The van der Waals surface area contributed by atoms with Gasteiger partial charge in [0.25, 0.3) is 0 Å². The molecule has 0 bridgehead atoms. The molecule has 1 aliphatic rings. The number of anilines is 1. The number of rotatable bonds is 5. The average molecular weight is 282 g/mol. The summed E-state index contributed by atoms with van der Waals surface area (Å²) in [6.07, 6.45) is 1.54. The molecule has 5 heteroatoms. The van der Waals surface area contributed by atoms with Gasteiger partial charge in [-0.1, -0.05) is 26.0 Å². The Morgan fingerprint density at radius 3 is 2.47 bits per heavy atom. The van der Waals surface area contributed by atoms with Crippen LogP contribution in [0.3, 0.4) is 0 Å². The van der Waals surface area contributed by atoms with E-state index in [-0.39, 0.29) is 11.3 Å². The Balaban J connectivity index is 2.29. The fraction of sp³-hybridized carbons (Fsp3) is 0.571. The molecule has 0 aromatic heterocycles. The zero-order chi connectivity index (χ0) is 14.1. The van der Waals surface area contributed by atoms with Crippen LogP contribution in [0.4, 0.5) is 5.69 Å². The van der Waals surface area contributed by atoms with Crippen molar-refractivity contribution in [1.82, 2.24) is 0 Å². The van der Waals surface area contributed by atoms with Crippen molar-refractivity contribution in [1.29, 1.82) is 0 Å². The molecule has 106 valence electrons. The van der Waals surface area contributed by atoms with E-state index in [1.54, 1.807) is 12.1 Å². The third-order valence-corrected chi connectivity index (χ3v) is 5.69. The van der Waals surface area contributed by atoms with E-state index in [1.807, 2.05) is 19.1 Å². The minimum atomic E-state index is -3.19. The number of hydrogen-bond donors (Lipinski definition) is 1. The monoisotopic (exact) mass is 282 g/mol. The number of nitrogens with zero attached hydrogens (tertiary/aromatic N) is 1. The summed E-state index contributed by atoms with van der Waals surface area (Å²) in [4.78, 5) is 2.50. The molecule has 0 unspecified atom stereocenters. The summed E-state index contributed by atoms with van der Waals surface area (Å²) in [6, 6.07) is 7.23. The number of sulfone groups is 1. The summed E-state index contributed by atoms with van der Waals surface area (Å²) in [6.45, 7) is 5.40. The molecular weight excluding hydrogens is 260 g/mol. The second kappa shape index (κ2) is 5.13. The highest BCUT2D eigenvalue weighted by Gasteiger charge is 2.39. The van der Waals surface area contributed by atoms with Crippen LogP contribution in [-0.2, 0) is 9.84 Å². The molecule has 1 saturated heterocycles. The van der Waals surface area contributed by atoms with Crippen LogP contribution in [0, 0.1) is 0 Å². The van der Waals surface area contributed by atoms with E-state index in [1.165, 1.54) is 0 Å². The minimum absolute atomic E-state index is 0.165. The van der Waals surface area contributed by atoms with E-state index in [2.05, 4.69) is 11.8 Å². The van der Waals surface area contributed by atoms with Gasteiger partial charge in [-0.25, -0.2) is 8.42 Å². The molecule has 19 heavy (non-hydrogen) atoms. The molecule has 4 nitrogen and oxygen atoms in total. The highest BCUT2D eigenvalue weighted by Crippen LogP contribution is 2.33. The smallest absolute Gasteiger partial charge is 0.180 e. The van der Waals surface area contributed by atoms with Gasteiger partial charge in [0.15, 0.2) is 9.84 Å². The molecule has 2 rings (SSSR count). The van der Waals surface area contributed by atoms with Crippen LogP contribution in [0.15, 0.2) is 29.2 Å². The van der Waals surface area contributed by atoms with Gasteiger partial charge in [-0.15, -0.1) is 0 Å². The molecule has 1 aromatic carbocycles. The molecule has 1 aliphatic heterocycles. The van der Waals surface area contributed by atoms with Crippen LogP contribution in [0.2, 0.25) is 0 Å². The Kier molecular flexibility index (Phi) is 3.87. The number of nitrogens with two attached hydrogens (primary N) is 1. The first-order valence-electron chi connectivity index (χ1n) is 6.77. The predicted octanol–water partition coefficient (Wildman–Crippen LogP) is 1.80. The van der Waals surface area contributed by atoms with Crippen LogP contribution in [-0.4, -0.2) is 32.8 Å². The van der Waals surface area contributed by atoms with E-state index in [0.717, 1.165) is 25.2 Å². The first-order chi connectivity index (χ1) is 8.92. The van der Waals surface area contributed by atoms with Crippen molar-refractivity contribution in [3.63, 3.8) is 0 Å². The van der Waals surface area contributed by atoms with Crippen molar-refractivity contribution in [2.75, 3.05) is 23.7 Å². The second-order valence-corrected chi connectivity index (χ2v) is 7.44. The Hall–Kier alpha value is -1.07. The van der Waals surface area contributed by atoms with Gasteiger partial charge in [-0.05, 0) is 25.0 Å². The summed E-state index contributed by atoms with van der Waals surface area (Å²) in [5, 5.41) is 0. The highest BCUT2D eigenvalue weighted by molar-refractivity contribution is 7.91. The van der Waals surface area contributed by atoms with Crippen molar-refractivity contribution in [3.05, 3.63) is 24.3 Å². The molecule has 0 spiro atoms. The lowest BCUT2D eigenvalue weighted by atomic mass is 9.88. The predicted molar refractivity (Wildman–Crippen MR) is 78.2 cm³/mol. The Morgan fingerprint density at radius 2 is 1.89 bits per heavy atom. The van der Waals surface area contributed by atoms with E-state index in [9.17, 15) is 8.42 Å². The van der Waals surface area contributed by atoms with Gasteiger partial charge in [-0.3, -0.25) is 0 Å². The molecule has 1 aromatic rings. The van der Waals surface area contributed by atoms with Crippen molar-refractivity contribution >= 4 is 15.5 Å². The number of benzene rings is 1. The third kappa shape index (κ3) is 2.77. The molecule has 1 fully saturated rings. The van der Waals surface area contributed by atoms with Gasteiger partial charge >= 0.3 is 0 Å².